The first kappa shape index (κ1) is 17.7. The molecule has 1 heterocycles. The summed E-state index contributed by atoms with van der Waals surface area (Å²) in [6.07, 6.45) is 2.59. The van der Waals surface area contributed by atoms with Gasteiger partial charge in [-0.15, -0.1) is 0 Å². The summed E-state index contributed by atoms with van der Waals surface area (Å²) >= 11 is 0. The first-order valence-corrected chi connectivity index (χ1v) is 9.94. The lowest BCUT2D eigenvalue weighted by Gasteiger charge is -2.39. The Morgan fingerprint density at radius 2 is 1.58 bits per heavy atom. The number of rotatable bonds is 7. The van der Waals surface area contributed by atoms with Crippen molar-refractivity contribution in [1.29, 1.82) is 0 Å². The highest BCUT2D eigenvalue weighted by molar-refractivity contribution is 5.32. The molecule has 0 radical (unpaired) electrons. The molecule has 1 saturated carbocycles. The molecule has 138 valence electrons. The maximum atomic E-state index is 5.59. The molecule has 0 bridgehead atoms. The maximum Gasteiger partial charge on any atom is 0.0594 e. The third-order valence-corrected chi connectivity index (χ3v) is 6.06. The van der Waals surface area contributed by atoms with E-state index >= 15 is 0 Å². The monoisotopic (exact) mass is 350 g/mol. The third kappa shape index (κ3) is 3.85. The van der Waals surface area contributed by atoms with Crippen LogP contribution in [0, 0.1) is 0 Å². The van der Waals surface area contributed by atoms with Gasteiger partial charge in [0.1, 0.15) is 0 Å². The van der Waals surface area contributed by atoms with Crippen molar-refractivity contribution in [3.63, 3.8) is 0 Å². The molecule has 0 spiro atoms. The van der Waals surface area contributed by atoms with Gasteiger partial charge < -0.3 is 10.1 Å². The second-order valence-electron chi connectivity index (χ2n) is 7.82. The van der Waals surface area contributed by atoms with Crippen LogP contribution in [0.25, 0.3) is 0 Å². The molecule has 3 nitrogen and oxygen atoms in total. The smallest absolute Gasteiger partial charge is 0.0594 e. The fourth-order valence-electron chi connectivity index (χ4n) is 4.30. The predicted molar refractivity (Wildman–Crippen MR) is 106 cm³/mol. The Hall–Kier alpha value is -1.68. The number of hydrogen-bond acceptors (Lipinski definition) is 3. The fourth-order valence-corrected chi connectivity index (χ4v) is 4.30. The van der Waals surface area contributed by atoms with E-state index in [0.29, 0.717) is 17.5 Å². The molecule has 1 N–H and O–H groups in total. The van der Waals surface area contributed by atoms with Gasteiger partial charge >= 0.3 is 0 Å². The zero-order valence-corrected chi connectivity index (χ0v) is 15.7. The summed E-state index contributed by atoms with van der Waals surface area (Å²) in [7, 11) is 0. The minimum atomic E-state index is 0.349. The van der Waals surface area contributed by atoms with Crippen molar-refractivity contribution in [1.82, 2.24) is 10.2 Å². The van der Waals surface area contributed by atoms with Crippen LogP contribution in [0.2, 0.25) is 0 Å². The van der Waals surface area contributed by atoms with Crippen molar-refractivity contribution >= 4 is 0 Å². The Kier molecular flexibility index (Phi) is 5.39. The number of nitrogens with one attached hydrogen (secondary N) is 1. The molecule has 2 atom stereocenters. The summed E-state index contributed by atoms with van der Waals surface area (Å²) in [6.45, 7) is 7.10. The van der Waals surface area contributed by atoms with Crippen LogP contribution in [-0.4, -0.2) is 43.8 Å². The first-order chi connectivity index (χ1) is 12.8. The molecule has 3 heteroatoms. The van der Waals surface area contributed by atoms with E-state index < -0.39 is 0 Å². The molecular weight excluding hydrogens is 320 g/mol. The fraction of sp³-hybridized carbons (Fsp3) is 0.478. The van der Waals surface area contributed by atoms with Crippen molar-refractivity contribution in [3.8, 4) is 0 Å². The Bertz CT molecular complexity index is 678. The Balaban J connectivity index is 1.47. The Labute approximate surface area is 157 Å². The van der Waals surface area contributed by atoms with Crippen molar-refractivity contribution < 1.29 is 4.74 Å². The number of hydrogen-bond donors (Lipinski definition) is 1. The number of ether oxygens (including phenoxy) is 1. The molecule has 1 aliphatic carbocycles. The van der Waals surface area contributed by atoms with Crippen molar-refractivity contribution in [2.75, 3.05) is 32.8 Å². The first-order valence-electron chi connectivity index (χ1n) is 9.94. The second-order valence-corrected chi connectivity index (χ2v) is 7.82. The largest absolute Gasteiger partial charge is 0.379 e. The van der Waals surface area contributed by atoms with Crippen LogP contribution in [0.15, 0.2) is 60.7 Å². The van der Waals surface area contributed by atoms with Crippen molar-refractivity contribution in [3.05, 3.63) is 71.8 Å². The van der Waals surface area contributed by atoms with Crippen LogP contribution in [-0.2, 0) is 10.2 Å². The molecule has 26 heavy (non-hydrogen) atoms. The lowest BCUT2D eigenvalue weighted by molar-refractivity contribution is 0.00853. The normalized spacial score (nSPS) is 21.9. The van der Waals surface area contributed by atoms with Gasteiger partial charge in [-0.2, -0.15) is 0 Å². The topological polar surface area (TPSA) is 24.5 Å². The summed E-state index contributed by atoms with van der Waals surface area (Å²) in [5.41, 5.74) is 3.24. The van der Waals surface area contributed by atoms with Gasteiger partial charge in [-0.3, -0.25) is 4.90 Å². The SMILES string of the molecule is CC(NCC1(c2ccccc2)CC1)C(c1ccccc1)N1CCOCC1. The van der Waals surface area contributed by atoms with E-state index in [1.165, 1.54) is 24.0 Å². The van der Waals surface area contributed by atoms with E-state index in [-0.39, 0.29) is 0 Å². The van der Waals surface area contributed by atoms with E-state index in [9.17, 15) is 0 Å². The highest BCUT2D eigenvalue weighted by atomic mass is 16.5. The molecule has 2 unspecified atom stereocenters. The number of benzene rings is 2. The average Bonchev–Trinajstić information content (AvgIpc) is 3.50. The molecule has 0 amide bonds. The van der Waals surface area contributed by atoms with E-state index in [2.05, 4.69) is 77.8 Å². The van der Waals surface area contributed by atoms with Gasteiger partial charge in [0.2, 0.25) is 0 Å². The summed E-state index contributed by atoms with van der Waals surface area (Å²) in [4.78, 5) is 2.58. The molecule has 1 aliphatic heterocycles. The van der Waals surface area contributed by atoms with Gasteiger partial charge in [-0.25, -0.2) is 0 Å². The Morgan fingerprint density at radius 1 is 0.962 bits per heavy atom. The quantitative estimate of drug-likeness (QED) is 0.823. The van der Waals surface area contributed by atoms with Gasteiger partial charge in [0.25, 0.3) is 0 Å². The molecule has 2 aliphatic rings. The second kappa shape index (κ2) is 7.91. The van der Waals surface area contributed by atoms with Crippen LogP contribution < -0.4 is 5.32 Å². The lowest BCUT2D eigenvalue weighted by atomic mass is 9.94. The van der Waals surface area contributed by atoms with Crippen LogP contribution >= 0.6 is 0 Å². The number of nitrogens with zero attached hydrogens (tertiary/aromatic N) is 1. The van der Waals surface area contributed by atoms with Gasteiger partial charge in [0, 0.05) is 31.1 Å². The standard InChI is InChI=1S/C23H30N2O/c1-19(24-18-23(12-13-23)21-10-6-3-7-11-21)22(20-8-4-2-5-9-20)25-14-16-26-17-15-25/h2-11,19,22,24H,12-18H2,1H3. The highest BCUT2D eigenvalue weighted by Crippen LogP contribution is 2.47. The highest BCUT2D eigenvalue weighted by Gasteiger charge is 2.44. The molecular formula is C23H30N2O. The molecule has 1 saturated heterocycles. The minimum absolute atomic E-state index is 0.349. The van der Waals surface area contributed by atoms with Crippen molar-refractivity contribution in [2.24, 2.45) is 0 Å². The van der Waals surface area contributed by atoms with Crippen LogP contribution in [0.1, 0.15) is 36.9 Å². The van der Waals surface area contributed by atoms with Gasteiger partial charge in [-0.05, 0) is 30.9 Å². The van der Waals surface area contributed by atoms with Gasteiger partial charge in [0.15, 0.2) is 0 Å². The molecule has 0 aromatic heterocycles. The summed E-state index contributed by atoms with van der Waals surface area (Å²) in [6, 6.07) is 22.8. The van der Waals surface area contributed by atoms with Gasteiger partial charge in [-0.1, -0.05) is 60.7 Å². The van der Waals surface area contributed by atoms with Gasteiger partial charge in [0.05, 0.1) is 19.3 Å². The third-order valence-electron chi connectivity index (χ3n) is 6.06. The minimum Gasteiger partial charge on any atom is -0.379 e. The maximum absolute atomic E-state index is 5.59. The van der Waals surface area contributed by atoms with Crippen LogP contribution in [0.4, 0.5) is 0 Å². The van der Waals surface area contributed by atoms with Crippen LogP contribution in [0.3, 0.4) is 0 Å². The average molecular weight is 351 g/mol. The zero-order valence-electron chi connectivity index (χ0n) is 15.7. The van der Waals surface area contributed by atoms with Crippen LogP contribution in [0.5, 0.6) is 0 Å². The molecule has 4 rings (SSSR count). The Morgan fingerprint density at radius 3 is 2.19 bits per heavy atom. The molecule has 2 fully saturated rings. The molecule has 2 aromatic carbocycles. The zero-order chi connectivity index (χ0) is 17.8. The van der Waals surface area contributed by atoms with E-state index in [0.717, 1.165) is 32.8 Å². The van der Waals surface area contributed by atoms with Crippen molar-refractivity contribution in [2.45, 2.75) is 37.3 Å². The summed E-state index contributed by atoms with van der Waals surface area (Å²) < 4.78 is 5.59. The summed E-state index contributed by atoms with van der Waals surface area (Å²) in [5, 5.41) is 3.90. The lowest BCUT2D eigenvalue weighted by Crippen LogP contribution is -2.48. The van der Waals surface area contributed by atoms with E-state index in [4.69, 9.17) is 4.74 Å². The van der Waals surface area contributed by atoms with E-state index in [1.54, 1.807) is 0 Å². The molecule has 2 aromatic rings. The summed E-state index contributed by atoms with van der Waals surface area (Å²) in [5.74, 6) is 0. The van der Waals surface area contributed by atoms with E-state index in [1.807, 2.05) is 0 Å². The predicted octanol–water partition coefficient (Wildman–Crippen LogP) is 3.77. The number of morpholine rings is 1.